The molecule has 0 amide bonds. The summed E-state index contributed by atoms with van der Waals surface area (Å²) < 4.78 is 37.1. The highest BCUT2D eigenvalue weighted by Crippen LogP contribution is 2.39. The van der Waals surface area contributed by atoms with E-state index in [2.05, 4.69) is 0 Å². The first kappa shape index (κ1) is 44.4. The van der Waals surface area contributed by atoms with Crippen LogP contribution in [0.15, 0.2) is 0 Å². The van der Waals surface area contributed by atoms with E-state index in [9.17, 15) is 30.3 Å². The molecule has 0 aromatic heterocycles. The number of carbonyl (C=O) groups excluding carboxylic acids is 1. The van der Waals surface area contributed by atoms with Gasteiger partial charge in [-0.15, -0.1) is 0 Å². The molecule has 0 bridgehead atoms. The molecule has 0 spiro atoms. The van der Waals surface area contributed by atoms with Gasteiger partial charge < -0.3 is 63.8 Å². The number of hydrogen-bond donors (Lipinski definition) is 5. The summed E-state index contributed by atoms with van der Waals surface area (Å²) in [4.78, 5) is 18.0. The second-order valence-corrected chi connectivity index (χ2v) is 16.7. The van der Waals surface area contributed by atoms with E-state index in [1.807, 2.05) is 51.7 Å². The average Bonchev–Trinajstić information content (AvgIpc) is 3.05. The van der Waals surface area contributed by atoms with Gasteiger partial charge in [0.05, 0.1) is 42.0 Å². The summed E-state index contributed by atoms with van der Waals surface area (Å²) in [6.07, 6.45) is -7.41. The van der Waals surface area contributed by atoms with E-state index in [1.165, 1.54) is 14.0 Å². The molecule has 14 heteroatoms. The van der Waals surface area contributed by atoms with Gasteiger partial charge in [0.2, 0.25) is 0 Å². The number of esters is 1. The van der Waals surface area contributed by atoms with E-state index in [0.29, 0.717) is 13.0 Å². The van der Waals surface area contributed by atoms with Gasteiger partial charge in [0.25, 0.3) is 0 Å². The van der Waals surface area contributed by atoms with E-state index in [0.717, 1.165) is 0 Å². The molecule has 0 aromatic rings. The summed E-state index contributed by atoms with van der Waals surface area (Å²) in [7, 11) is 7.11. The average molecular weight is 735 g/mol. The fourth-order valence-corrected chi connectivity index (χ4v) is 8.35. The van der Waals surface area contributed by atoms with E-state index >= 15 is 0 Å². The maximum absolute atomic E-state index is 14.1. The van der Waals surface area contributed by atoms with Crippen molar-refractivity contribution in [2.24, 2.45) is 17.8 Å². The largest absolute Gasteiger partial charge is 0.459 e. The van der Waals surface area contributed by atoms with Crippen molar-refractivity contribution in [3.05, 3.63) is 0 Å². The predicted octanol–water partition coefficient (Wildman–Crippen LogP) is 1.51. The van der Waals surface area contributed by atoms with Gasteiger partial charge in [0, 0.05) is 38.1 Å². The van der Waals surface area contributed by atoms with Crippen LogP contribution in [-0.2, 0) is 33.2 Å². The number of cyclic esters (lactones) is 1. The molecule has 0 aromatic carbocycles. The zero-order chi connectivity index (χ0) is 38.8. The van der Waals surface area contributed by atoms with Gasteiger partial charge in [0.1, 0.15) is 30.0 Å². The third-order valence-electron chi connectivity index (χ3n) is 11.9. The fourth-order valence-electron chi connectivity index (χ4n) is 8.35. The zero-order valence-corrected chi connectivity index (χ0v) is 33.3. The normalized spacial score (nSPS) is 48.9. The molecule has 51 heavy (non-hydrogen) atoms. The van der Waals surface area contributed by atoms with Crippen molar-refractivity contribution in [1.29, 1.82) is 0 Å². The highest BCUT2D eigenvalue weighted by molar-refractivity contribution is 5.73. The predicted molar refractivity (Wildman–Crippen MR) is 190 cm³/mol. The van der Waals surface area contributed by atoms with E-state index in [4.69, 9.17) is 28.4 Å². The minimum Gasteiger partial charge on any atom is -0.459 e. The fraction of sp³-hybridized carbons (Fsp3) is 0.973. The van der Waals surface area contributed by atoms with Crippen LogP contribution in [0.2, 0.25) is 0 Å². The summed E-state index contributed by atoms with van der Waals surface area (Å²) in [5.41, 5.74) is -4.33. The summed E-state index contributed by atoms with van der Waals surface area (Å²) >= 11 is 0. The standard InChI is InChI=1S/C37H70N2O12/c1-14-27-37(9,45)31(42)24(6)39(12)18-20(2)16-35(7,44)32(51-34-29(41)25(38(10)11)15-21(3)48-34)22(4)30(23(5)33(43)49-27)50-28-17-36(8,46-13)26(40)19-47-28/h20-32,34,40-42,44-45H,14-19H2,1-13H3/t20-,21-,22+,23+,24-,25+,26+,27-,28+,29-,30+,31-,32-,34+,35-,36-,37-/m1/s1. The number of aliphatic hydroxyl groups excluding tert-OH is 3. The van der Waals surface area contributed by atoms with Crippen LogP contribution in [0, 0.1) is 17.8 Å². The first-order valence-corrected chi connectivity index (χ1v) is 18.7. The van der Waals surface area contributed by atoms with Gasteiger partial charge in [-0.05, 0) is 87.9 Å². The number of ether oxygens (including phenoxy) is 6. The zero-order valence-electron chi connectivity index (χ0n) is 33.3. The quantitative estimate of drug-likeness (QED) is 0.238. The molecule has 0 aliphatic carbocycles. The minimum atomic E-state index is -1.79. The highest BCUT2D eigenvalue weighted by Gasteiger charge is 2.52. The second-order valence-electron chi connectivity index (χ2n) is 16.7. The molecule has 17 atom stereocenters. The van der Waals surface area contributed by atoms with Crippen molar-refractivity contribution < 1.29 is 58.7 Å². The lowest BCUT2D eigenvalue weighted by atomic mass is 9.77. The molecular weight excluding hydrogens is 664 g/mol. The lowest BCUT2D eigenvalue weighted by molar-refractivity contribution is -0.311. The number of hydrogen-bond acceptors (Lipinski definition) is 14. The smallest absolute Gasteiger partial charge is 0.311 e. The molecule has 5 N–H and O–H groups in total. The molecule has 3 fully saturated rings. The first-order chi connectivity index (χ1) is 23.5. The number of carbonyl (C=O) groups is 1. The topological polar surface area (TPSA) is 180 Å². The van der Waals surface area contributed by atoms with Gasteiger partial charge in [-0.3, -0.25) is 4.79 Å². The van der Waals surface area contributed by atoms with Crippen molar-refractivity contribution in [1.82, 2.24) is 9.80 Å². The maximum atomic E-state index is 14.1. The molecule has 3 rings (SSSR count). The van der Waals surface area contributed by atoms with Crippen molar-refractivity contribution in [2.45, 2.75) is 172 Å². The number of methoxy groups -OCH3 is 1. The molecule has 0 radical (unpaired) electrons. The highest BCUT2D eigenvalue weighted by atomic mass is 16.7. The maximum Gasteiger partial charge on any atom is 0.311 e. The van der Waals surface area contributed by atoms with Gasteiger partial charge in [-0.1, -0.05) is 20.8 Å². The molecule has 14 nitrogen and oxygen atoms in total. The summed E-state index contributed by atoms with van der Waals surface area (Å²) in [6.45, 7) is 16.2. The molecule has 3 aliphatic heterocycles. The lowest BCUT2D eigenvalue weighted by Gasteiger charge is -2.48. The summed E-state index contributed by atoms with van der Waals surface area (Å²) in [5.74, 6) is -2.56. The number of rotatable bonds is 7. The summed E-state index contributed by atoms with van der Waals surface area (Å²) in [6, 6.07) is -0.802. The third-order valence-corrected chi connectivity index (χ3v) is 11.9. The lowest BCUT2D eigenvalue weighted by Crippen LogP contribution is -2.60. The SMILES string of the molecule is CC[C@H]1OC(=O)[C@@H](C)[C@@H](O[C@H]2C[C@@](C)(OC)[C@@H](O)CO2)[C@H](C)[C@@H](O[C@@H]2O[C@H](C)C[C@H](N(C)C)[C@H]2O)[C@](C)(O)C[C@@H](C)CN(C)[C@H](C)[C@@H](O)[C@]1(C)O. The van der Waals surface area contributed by atoms with Crippen LogP contribution < -0.4 is 0 Å². The Labute approximate surface area is 305 Å². The van der Waals surface area contributed by atoms with E-state index in [1.54, 1.807) is 34.6 Å². The van der Waals surface area contributed by atoms with Gasteiger partial charge in [-0.2, -0.15) is 0 Å². The Hall–Kier alpha value is -1.01. The molecule has 3 saturated heterocycles. The van der Waals surface area contributed by atoms with Gasteiger partial charge in [-0.25, -0.2) is 0 Å². The molecule has 0 unspecified atom stereocenters. The van der Waals surface area contributed by atoms with Crippen molar-refractivity contribution >= 4 is 5.97 Å². The number of likely N-dealkylation sites (N-methyl/N-ethyl adjacent to an activating group) is 2. The third kappa shape index (κ3) is 10.2. The Balaban J connectivity index is 2.15. The Morgan fingerprint density at radius 2 is 1.63 bits per heavy atom. The van der Waals surface area contributed by atoms with Crippen LogP contribution in [-0.4, -0.2) is 167 Å². The van der Waals surface area contributed by atoms with Gasteiger partial charge in [0.15, 0.2) is 12.6 Å². The van der Waals surface area contributed by atoms with E-state index in [-0.39, 0.29) is 43.9 Å². The van der Waals surface area contributed by atoms with Crippen LogP contribution in [0.25, 0.3) is 0 Å². The minimum absolute atomic E-state index is 0.0691. The molecule has 3 aliphatic rings. The number of aliphatic hydroxyl groups is 5. The number of nitrogens with zero attached hydrogens (tertiary/aromatic N) is 2. The second kappa shape index (κ2) is 17.6. The van der Waals surface area contributed by atoms with Crippen LogP contribution in [0.5, 0.6) is 0 Å². The molecule has 300 valence electrons. The van der Waals surface area contributed by atoms with Crippen molar-refractivity contribution in [2.75, 3.05) is 41.4 Å². The van der Waals surface area contributed by atoms with Crippen molar-refractivity contribution in [3.8, 4) is 0 Å². The van der Waals surface area contributed by atoms with Gasteiger partial charge >= 0.3 is 5.97 Å². The van der Waals surface area contributed by atoms with Crippen molar-refractivity contribution in [3.63, 3.8) is 0 Å². The van der Waals surface area contributed by atoms with Crippen LogP contribution in [0.3, 0.4) is 0 Å². The van der Waals surface area contributed by atoms with Crippen LogP contribution in [0.4, 0.5) is 0 Å². The Morgan fingerprint density at radius 3 is 2.20 bits per heavy atom. The Morgan fingerprint density at radius 1 is 1.00 bits per heavy atom. The molecular formula is C37H70N2O12. The molecule has 3 heterocycles. The monoisotopic (exact) mass is 734 g/mol. The first-order valence-electron chi connectivity index (χ1n) is 18.7. The van der Waals surface area contributed by atoms with Crippen LogP contribution in [0.1, 0.15) is 88.0 Å². The Kier molecular flexibility index (Phi) is 15.3. The Bertz CT molecular complexity index is 1110. The summed E-state index contributed by atoms with van der Waals surface area (Å²) in [5, 5.41) is 57.7. The van der Waals surface area contributed by atoms with Crippen LogP contribution >= 0.6 is 0 Å². The van der Waals surface area contributed by atoms with E-state index < -0.39 is 89.9 Å². The molecule has 0 saturated carbocycles.